The van der Waals surface area contributed by atoms with Crippen molar-refractivity contribution in [3.63, 3.8) is 0 Å². The van der Waals surface area contributed by atoms with Gasteiger partial charge in [0, 0.05) is 19.3 Å². The lowest BCUT2D eigenvalue weighted by atomic mass is 9.89. The van der Waals surface area contributed by atoms with E-state index in [9.17, 15) is 9.59 Å². The summed E-state index contributed by atoms with van der Waals surface area (Å²) in [4.78, 5) is 25.2. The molecule has 0 unspecified atom stereocenters. The van der Waals surface area contributed by atoms with Crippen LogP contribution in [0.4, 0.5) is 11.4 Å². The largest absolute Gasteiger partial charge is 0.374 e. The highest BCUT2D eigenvalue weighted by molar-refractivity contribution is 6.51. The Balaban J connectivity index is 1.73. The molecule has 1 aliphatic heterocycles. The van der Waals surface area contributed by atoms with Crippen LogP contribution in [0.3, 0.4) is 0 Å². The Hall–Kier alpha value is -1.84. The summed E-state index contributed by atoms with van der Waals surface area (Å²) in [5, 5.41) is 2.63. The summed E-state index contributed by atoms with van der Waals surface area (Å²) in [5.74, 6) is -0.188. The predicted molar refractivity (Wildman–Crippen MR) is 79.2 cm³/mol. The first-order valence-corrected chi connectivity index (χ1v) is 7.36. The molecule has 3 rings (SSSR count). The number of rotatable bonds is 3. The van der Waals surface area contributed by atoms with Gasteiger partial charge in [-0.25, -0.2) is 0 Å². The van der Waals surface area contributed by atoms with Crippen LogP contribution in [0, 0.1) is 5.92 Å². The zero-order valence-electron chi connectivity index (χ0n) is 11.8. The monoisotopic (exact) mass is 272 g/mol. The Morgan fingerprint density at radius 3 is 2.70 bits per heavy atom. The fourth-order valence-corrected chi connectivity index (χ4v) is 3.23. The van der Waals surface area contributed by atoms with Gasteiger partial charge in [0.25, 0.3) is 11.7 Å². The van der Waals surface area contributed by atoms with Crippen molar-refractivity contribution < 1.29 is 9.59 Å². The highest BCUT2D eigenvalue weighted by Crippen LogP contribution is 2.30. The molecule has 1 saturated carbocycles. The maximum Gasteiger partial charge on any atom is 0.296 e. The number of ketones is 1. The van der Waals surface area contributed by atoms with Crippen molar-refractivity contribution in [2.24, 2.45) is 5.92 Å². The number of Topliss-reactive ketones (excluding diaryl/α,β-unsaturated/α-hetero) is 1. The Labute approximate surface area is 119 Å². The fourth-order valence-electron chi connectivity index (χ4n) is 3.23. The van der Waals surface area contributed by atoms with Crippen molar-refractivity contribution in [1.82, 2.24) is 0 Å². The van der Waals surface area contributed by atoms with Crippen molar-refractivity contribution in [2.45, 2.75) is 32.1 Å². The van der Waals surface area contributed by atoms with E-state index >= 15 is 0 Å². The molecule has 0 saturated heterocycles. The molecular weight excluding hydrogens is 252 g/mol. The summed E-state index contributed by atoms with van der Waals surface area (Å²) in [6.45, 7) is 1.04. The molecule has 1 N–H and O–H groups in total. The molecule has 1 heterocycles. The van der Waals surface area contributed by atoms with Crippen LogP contribution >= 0.6 is 0 Å². The van der Waals surface area contributed by atoms with Crippen LogP contribution in [0.5, 0.6) is 0 Å². The summed E-state index contributed by atoms with van der Waals surface area (Å²) in [7, 11) is 2.08. The summed E-state index contributed by atoms with van der Waals surface area (Å²) in [6, 6.07) is 5.59. The lowest BCUT2D eigenvalue weighted by molar-refractivity contribution is -0.112. The minimum absolute atomic E-state index is 0.429. The number of carbonyl (C=O) groups excluding carboxylic acids is 2. The van der Waals surface area contributed by atoms with Gasteiger partial charge in [0.2, 0.25) is 0 Å². The van der Waals surface area contributed by atoms with Gasteiger partial charge in [-0.15, -0.1) is 0 Å². The van der Waals surface area contributed by atoms with Crippen molar-refractivity contribution in [2.75, 3.05) is 23.8 Å². The topological polar surface area (TPSA) is 49.4 Å². The molecule has 1 amide bonds. The minimum atomic E-state index is -0.521. The standard InChI is InChI=1S/C16H20N2O2/c1-18(10-11-5-3-2-4-6-11)12-7-8-13-14(9-12)17-16(20)15(13)19/h7-9,11H,2-6,10H2,1H3,(H,17,19,20). The lowest BCUT2D eigenvalue weighted by Gasteiger charge is -2.28. The Bertz CT molecular complexity index is 547. The molecule has 4 nitrogen and oxygen atoms in total. The van der Waals surface area contributed by atoms with Crippen LogP contribution in [0.25, 0.3) is 0 Å². The lowest BCUT2D eigenvalue weighted by Crippen LogP contribution is -2.26. The van der Waals surface area contributed by atoms with Crippen molar-refractivity contribution in [3.8, 4) is 0 Å². The predicted octanol–water partition coefficient (Wildman–Crippen LogP) is 2.84. The van der Waals surface area contributed by atoms with Gasteiger partial charge >= 0.3 is 0 Å². The van der Waals surface area contributed by atoms with Crippen LogP contribution < -0.4 is 10.2 Å². The Kier molecular flexibility index (Phi) is 3.47. The van der Waals surface area contributed by atoms with Gasteiger partial charge in [-0.05, 0) is 37.0 Å². The summed E-state index contributed by atoms with van der Waals surface area (Å²) < 4.78 is 0. The van der Waals surface area contributed by atoms with E-state index in [1.165, 1.54) is 32.1 Å². The number of hydrogen-bond acceptors (Lipinski definition) is 3. The molecule has 1 fully saturated rings. The van der Waals surface area contributed by atoms with E-state index < -0.39 is 11.7 Å². The molecule has 0 bridgehead atoms. The van der Waals surface area contributed by atoms with Crippen LogP contribution in [-0.4, -0.2) is 25.3 Å². The van der Waals surface area contributed by atoms with Crippen LogP contribution in [0.1, 0.15) is 42.5 Å². The third-order valence-electron chi connectivity index (χ3n) is 4.40. The highest BCUT2D eigenvalue weighted by Gasteiger charge is 2.28. The van der Waals surface area contributed by atoms with Gasteiger partial charge in [-0.2, -0.15) is 0 Å². The molecule has 0 atom stereocenters. The third-order valence-corrected chi connectivity index (χ3v) is 4.40. The minimum Gasteiger partial charge on any atom is -0.374 e. The first kappa shape index (κ1) is 13.2. The number of amides is 1. The van der Waals surface area contributed by atoms with Crippen molar-refractivity contribution >= 4 is 23.1 Å². The number of nitrogens with zero attached hydrogens (tertiary/aromatic N) is 1. The smallest absolute Gasteiger partial charge is 0.296 e. The molecule has 1 aromatic carbocycles. The first-order chi connectivity index (χ1) is 9.65. The maximum absolute atomic E-state index is 11.6. The average Bonchev–Trinajstić information content (AvgIpc) is 2.74. The molecule has 0 spiro atoms. The van der Waals surface area contributed by atoms with Gasteiger partial charge in [0.15, 0.2) is 0 Å². The number of anilines is 2. The van der Waals surface area contributed by atoms with E-state index in [-0.39, 0.29) is 0 Å². The molecule has 2 aliphatic rings. The second-order valence-electron chi connectivity index (χ2n) is 5.90. The van der Waals surface area contributed by atoms with Crippen LogP contribution in [0.15, 0.2) is 18.2 Å². The van der Waals surface area contributed by atoms with E-state index in [0.717, 1.165) is 18.2 Å². The number of benzene rings is 1. The van der Waals surface area contributed by atoms with Gasteiger partial charge in [0.1, 0.15) is 0 Å². The molecule has 20 heavy (non-hydrogen) atoms. The zero-order valence-corrected chi connectivity index (χ0v) is 11.8. The Morgan fingerprint density at radius 1 is 1.20 bits per heavy atom. The first-order valence-electron chi connectivity index (χ1n) is 7.36. The van der Waals surface area contributed by atoms with Crippen molar-refractivity contribution in [3.05, 3.63) is 23.8 Å². The number of carbonyl (C=O) groups is 2. The molecule has 4 heteroatoms. The van der Waals surface area contributed by atoms with E-state index in [4.69, 9.17) is 0 Å². The summed E-state index contributed by atoms with van der Waals surface area (Å²) in [6.07, 6.45) is 6.67. The molecule has 1 aromatic rings. The molecule has 0 aromatic heterocycles. The van der Waals surface area contributed by atoms with E-state index in [0.29, 0.717) is 11.3 Å². The van der Waals surface area contributed by atoms with Crippen LogP contribution in [0.2, 0.25) is 0 Å². The molecule has 106 valence electrons. The Morgan fingerprint density at radius 2 is 1.95 bits per heavy atom. The molecule has 1 aliphatic carbocycles. The van der Waals surface area contributed by atoms with E-state index in [2.05, 4.69) is 17.3 Å². The van der Waals surface area contributed by atoms with Crippen molar-refractivity contribution in [1.29, 1.82) is 0 Å². The fraction of sp³-hybridized carbons (Fsp3) is 0.500. The second kappa shape index (κ2) is 5.27. The third kappa shape index (κ3) is 2.42. The number of nitrogens with one attached hydrogen (secondary N) is 1. The molecular formula is C16H20N2O2. The van der Waals surface area contributed by atoms with Gasteiger partial charge in [-0.3, -0.25) is 9.59 Å². The van der Waals surface area contributed by atoms with Gasteiger partial charge < -0.3 is 10.2 Å². The van der Waals surface area contributed by atoms with Crippen LogP contribution in [-0.2, 0) is 4.79 Å². The van der Waals surface area contributed by atoms with Gasteiger partial charge in [-0.1, -0.05) is 19.3 Å². The molecule has 0 radical (unpaired) electrons. The van der Waals surface area contributed by atoms with Gasteiger partial charge in [0.05, 0.1) is 11.3 Å². The normalized spacial score (nSPS) is 18.9. The number of fused-ring (bicyclic) bond motifs is 1. The van der Waals surface area contributed by atoms with E-state index in [1.54, 1.807) is 6.07 Å². The number of hydrogen-bond donors (Lipinski definition) is 1. The second-order valence-corrected chi connectivity index (χ2v) is 5.90. The quantitative estimate of drug-likeness (QED) is 0.861. The summed E-state index contributed by atoms with van der Waals surface area (Å²) >= 11 is 0. The maximum atomic E-state index is 11.6. The summed E-state index contributed by atoms with van der Waals surface area (Å²) in [5.41, 5.74) is 2.20. The SMILES string of the molecule is CN(CC1CCCCC1)c1ccc2c(c1)NC(=O)C2=O. The average molecular weight is 272 g/mol. The van der Waals surface area contributed by atoms with E-state index in [1.807, 2.05) is 12.1 Å². The highest BCUT2D eigenvalue weighted by atomic mass is 16.2. The zero-order chi connectivity index (χ0) is 14.1.